The lowest BCUT2D eigenvalue weighted by Crippen LogP contribution is -2.14. The van der Waals surface area contributed by atoms with Gasteiger partial charge in [-0.2, -0.15) is 0 Å². The largest absolute Gasteiger partial charge is 0.325 e. The molecular weight excluding hydrogens is 436 g/mol. The van der Waals surface area contributed by atoms with E-state index in [0.717, 1.165) is 44.2 Å². The number of para-hydroxylation sites is 1. The number of aromatic nitrogens is 3. The molecule has 0 radical (unpaired) electrons. The molecule has 1 aliphatic carbocycles. The monoisotopic (exact) mass is 462 g/mol. The first-order chi connectivity index (χ1) is 15.5. The molecule has 0 unspecified atom stereocenters. The number of nitrogens with one attached hydrogen (secondary N) is 1. The van der Waals surface area contributed by atoms with E-state index in [1.54, 1.807) is 17.7 Å². The van der Waals surface area contributed by atoms with Crippen LogP contribution < -0.4 is 5.32 Å². The Morgan fingerprint density at radius 1 is 1.16 bits per heavy atom. The van der Waals surface area contributed by atoms with Crippen LogP contribution in [0.5, 0.6) is 0 Å². The standard InChI is InChI=1S/C25H26N4OS2/c1-14(2)21-17-10-6-5-9-16(17)20-22-23(32-24(20)29-21)25(27-13-26-22)31-12-19(30)28-18-11-7-4-8-15(18)3/h4,7-8,11,13-14H,5-6,9-10,12H2,1-3H3,(H,28,30). The van der Waals surface area contributed by atoms with Gasteiger partial charge in [-0.25, -0.2) is 15.0 Å². The average Bonchev–Trinajstić information content (AvgIpc) is 3.18. The molecule has 5 rings (SSSR count). The van der Waals surface area contributed by atoms with Crippen LogP contribution in [0.15, 0.2) is 35.6 Å². The van der Waals surface area contributed by atoms with E-state index < -0.39 is 0 Å². The molecule has 7 heteroatoms. The fraction of sp³-hybridized carbons (Fsp3) is 0.360. The van der Waals surface area contributed by atoms with Crippen molar-refractivity contribution < 1.29 is 4.79 Å². The number of hydrogen-bond donors (Lipinski definition) is 1. The molecule has 164 valence electrons. The summed E-state index contributed by atoms with van der Waals surface area (Å²) in [5.74, 6) is 0.675. The Balaban J connectivity index is 1.49. The van der Waals surface area contributed by atoms with Crippen LogP contribution in [-0.4, -0.2) is 26.6 Å². The second-order valence-electron chi connectivity index (χ2n) is 8.61. The van der Waals surface area contributed by atoms with E-state index in [-0.39, 0.29) is 5.91 Å². The SMILES string of the molecule is Cc1ccccc1NC(=O)CSc1ncnc2c1sc1nc(C(C)C)c3c(c12)CCCC3. The highest BCUT2D eigenvalue weighted by atomic mass is 32.2. The Kier molecular flexibility index (Phi) is 5.86. The number of nitrogens with zero attached hydrogens (tertiary/aromatic N) is 3. The summed E-state index contributed by atoms with van der Waals surface area (Å²) in [6.45, 7) is 6.45. The van der Waals surface area contributed by atoms with Crippen molar-refractivity contribution >= 4 is 55.1 Å². The van der Waals surface area contributed by atoms with Gasteiger partial charge >= 0.3 is 0 Å². The van der Waals surface area contributed by atoms with Crippen LogP contribution in [-0.2, 0) is 17.6 Å². The first-order valence-corrected chi connectivity index (χ1v) is 12.9. The maximum atomic E-state index is 12.6. The van der Waals surface area contributed by atoms with Gasteiger partial charge in [-0.05, 0) is 61.3 Å². The lowest BCUT2D eigenvalue weighted by molar-refractivity contribution is -0.113. The van der Waals surface area contributed by atoms with Crippen molar-refractivity contribution in [2.45, 2.75) is 57.4 Å². The lowest BCUT2D eigenvalue weighted by atomic mass is 9.86. The van der Waals surface area contributed by atoms with Gasteiger partial charge in [-0.15, -0.1) is 11.3 Å². The van der Waals surface area contributed by atoms with E-state index in [2.05, 4.69) is 29.1 Å². The van der Waals surface area contributed by atoms with Crippen LogP contribution in [0.1, 0.15) is 55.0 Å². The number of thioether (sulfide) groups is 1. The first-order valence-electron chi connectivity index (χ1n) is 11.1. The highest BCUT2D eigenvalue weighted by Gasteiger charge is 2.24. The Morgan fingerprint density at radius 3 is 2.72 bits per heavy atom. The summed E-state index contributed by atoms with van der Waals surface area (Å²) >= 11 is 3.13. The number of rotatable bonds is 5. The van der Waals surface area contributed by atoms with E-state index in [4.69, 9.17) is 4.98 Å². The van der Waals surface area contributed by atoms with Crippen LogP contribution in [0.3, 0.4) is 0 Å². The van der Waals surface area contributed by atoms with Gasteiger partial charge in [0.1, 0.15) is 16.2 Å². The fourth-order valence-corrected chi connectivity index (χ4v) is 6.52. The fourth-order valence-electron chi connectivity index (χ4n) is 4.48. The molecule has 5 nitrogen and oxygen atoms in total. The molecule has 0 saturated carbocycles. The number of carbonyl (C=O) groups is 1. The maximum absolute atomic E-state index is 12.6. The number of carbonyl (C=O) groups excluding carboxylic acids is 1. The topological polar surface area (TPSA) is 67.8 Å². The predicted molar refractivity (Wildman–Crippen MR) is 134 cm³/mol. The molecule has 1 aliphatic rings. The van der Waals surface area contributed by atoms with E-state index >= 15 is 0 Å². The Hall–Kier alpha value is -2.51. The molecule has 0 bridgehead atoms. The summed E-state index contributed by atoms with van der Waals surface area (Å²) in [5, 5.41) is 5.07. The summed E-state index contributed by atoms with van der Waals surface area (Å²) in [6, 6.07) is 7.82. The minimum Gasteiger partial charge on any atom is -0.325 e. The summed E-state index contributed by atoms with van der Waals surface area (Å²) in [4.78, 5) is 27.9. The van der Waals surface area contributed by atoms with Gasteiger partial charge in [0.05, 0.1) is 16.0 Å². The molecule has 3 heterocycles. The van der Waals surface area contributed by atoms with Gasteiger partial charge in [0.15, 0.2) is 0 Å². The van der Waals surface area contributed by atoms with E-state index in [9.17, 15) is 4.79 Å². The van der Waals surface area contributed by atoms with Gasteiger partial charge in [-0.1, -0.05) is 43.8 Å². The van der Waals surface area contributed by atoms with Crippen molar-refractivity contribution in [3.8, 4) is 0 Å². The van der Waals surface area contributed by atoms with Crippen molar-refractivity contribution in [2.75, 3.05) is 11.1 Å². The Labute approximate surface area is 196 Å². The minimum atomic E-state index is -0.0326. The summed E-state index contributed by atoms with van der Waals surface area (Å²) in [6.07, 6.45) is 6.27. The molecule has 0 aliphatic heterocycles. The van der Waals surface area contributed by atoms with Crippen LogP contribution >= 0.6 is 23.1 Å². The van der Waals surface area contributed by atoms with Crippen molar-refractivity contribution in [2.24, 2.45) is 0 Å². The molecule has 1 amide bonds. The van der Waals surface area contributed by atoms with Crippen LogP contribution in [0.4, 0.5) is 5.69 Å². The van der Waals surface area contributed by atoms with Gasteiger partial charge in [0, 0.05) is 16.8 Å². The van der Waals surface area contributed by atoms with Crippen LogP contribution in [0, 0.1) is 6.92 Å². The van der Waals surface area contributed by atoms with Crippen molar-refractivity contribution in [3.05, 3.63) is 53.0 Å². The van der Waals surface area contributed by atoms with E-state index in [1.165, 1.54) is 46.8 Å². The number of thiophene rings is 1. The lowest BCUT2D eigenvalue weighted by Gasteiger charge is -2.21. The Morgan fingerprint density at radius 2 is 1.94 bits per heavy atom. The summed E-state index contributed by atoms with van der Waals surface area (Å²) < 4.78 is 1.04. The van der Waals surface area contributed by atoms with E-state index in [0.29, 0.717) is 11.7 Å². The number of hydrogen-bond acceptors (Lipinski definition) is 6. The molecule has 4 aromatic rings. The summed E-state index contributed by atoms with van der Waals surface area (Å²) in [7, 11) is 0. The number of fused-ring (bicyclic) bond motifs is 5. The third kappa shape index (κ3) is 3.88. The highest BCUT2D eigenvalue weighted by molar-refractivity contribution is 8.00. The van der Waals surface area contributed by atoms with Gasteiger partial charge in [-0.3, -0.25) is 4.79 Å². The van der Waals surface area contributed by atoms with Crippen molar-refractivity contribution in [1.82, 2.24) is 15.0 Å². The predicted octanol–water partition coefficient (Wildman–Crippen LogP) is 6.28. The molecule has 0 spiro atoms. The van der Waals surface area contributed by atoms with Gasteiger partial charge in [0.2, 0.25) is 5.91 Å². The first kappa shape index (κ1) is 21.3. The molecule has 1 N–H and O–H groups in total. The smallest absolute Gasteiger partial charge is 0.234 e. The molecule has 1 aromatic carbocycles. The second-order valence-corrected chi connectivity index (χ2v) is 10.6. The van der Waals surface area contributed by atoms with Crippen LogP contribution in [0.2, 0.25) is 0 Å². The van der Waals surface area contributed by atoms with Crippen molar-refractivity contribution in [1.29, 1.82) is 0 Å². The highest BCUT2D eigenvalue weighted by Crippen LogP contribution is 2.42. The zero-order valence-electron chi connectivity index (χ0n) is 18.6. The molecule has 3 aromatic heterocycles. The molecule has 32 heavy (non-hydrogen) atoms. The third-order valence-corrected chi connectivity index (χ3v) is 8.23. The minimum absolute atomic E-state index is 0.0326. The third-order valence-electron chi connectivity index (χ3n) is 6.03. The molecule has 0 fully saturated rings. The average molecular weight is 463 g/mol. The van der Waals surface area contributed by atoms with Gasteiger partial charge in [0.25, 0.3) is 0 Å². The maximum Gasteiger partial charge on any atom is 0.234 e. The number of aryl methyl sites for hydroxylation is 2. The number of amides is 1. The molecule has 0 atom stereocenters. The Bertz CT molecular complexity index is 1330. The molecular formula is C25H26N4OS2. The quantitative estimate of drug-likeness (QED) is 0.279. The number of benzene rings is 1. The zero-order valence-corrected chi connectivity index (χ0v) is 20.2. The van der Waals surface area contributed by atoms with Crippen molar-refractivity contribution in [3.63, 3.8) is 0 Å². The van der Waals surface area contributed by atoms with E-state index in [1.807, 2.05) is 31.2 Å². The normalized spacial score (nSPS) is 13.6. The molecule has 0 saturated heterocycles. The van der Waals surface area contributed by atoms with Crippen LogP contribution in [0.25, 0.3) is 20.4 Å². The number of anilines is 1. The number of pyridine rings is 1. The summed E-state index contributed by atoms with van der Waals surface area (Å²) in [5.41, 5.74) is 7.00. The second kappa shape index (κ2) is 8.79. The van der Waals surface area contributed by atoms with Gasteiger partial charge < -0.3 is 5.32 Å². The zero-order chi connectivity index (χ0) is 22.2.